The van der Waals surface area contributed by atoms with Gasteiger partial charge in [0, 0.05) is 23.9 Å². The van der Waals surface area contributed by atoms with Gasteiger partial charge >= 0.3 is 0 Å². The van der Waals surface area contributed by atoms with E-state index in [4.69, 9.17) is 9.15 Å². The number of furan rings is 1. The van der Waals surface area contributed by atoms with Crippen molar-refractivity contribution in [2.75, 3.05) is 33.3 Å². The minimum atomic E-state index is -0.188. The lowest BCUT2D eigenvalue weighted by Gasteiger charge is -2.30. The molecule has 1 fully saturated rings. The fraction of sp³-hybridized carbons (Fsp3) is 0.455. The molecule has 0 bridgehead atoms. The van der Waals surface area contributed by atoms with Crippen molar-refractivity contribution >= 4 is 27.9 Å². The van der Waals surface area contributed by atoms with Gasteiger partial charge in [0.05, 0.1) is 12.6 Å². The van der Waals surface area contributed by atoms with Crippen molar-refractivity contribution in [3.05, 3.63) is 36.1 Å². The summed E-state index contributed by atoms with van der Waals surface area (Å²) in [6.45, 7) is 6.32. The quantitative estimate of drug-likeness (QED) is 0.657. The lowest BCUT2D eigenvalue weighted by molar-refractivity contribution is 0.0924. The SMILES string of the molecule is COc1ccc2nc3oc(C(=O)NCCCN4CCC[C@@H](C)C4)cc3cc2c1. The van der Waals surface area contributed by atoms with E-state index in [9.17, 15) is 4.79 Å². The lowest BCUT2D eigenvalue weighted by atomic mass is 10.0. The third-order valence-corrected chi connectivity index (χ3v) is 5.41. The Bertz CT molecular complexity index is 982. The first-order chi connectivity index (χ1) is 13.6. The van der Waals surface area contributed by atoms with E-state index in [1.54, 1.807) is 13.2 Å². The Morgan fingerprint density at radius 2 is 2.21 bits per heavy atom. The minimum Gasteiger partial charge on any atom is -0.497 e. The molecule has 3 heterocycles. The third-order valence-electron chi connectivity index (χ3n) is 5.41. The Labute approximate surface area is 164 Å². The first kappa shape index (κ1) is 18.7. The molecule has 1 aromatic carbocycles. The van der Waals surface area contributed by atoms with Crippen LogP contribution >= 0.6 is 0 Å². The average Bonchev–Trinajstić information content (AvgIpc) is 3.12. The molecule has 1 aliphatic rings. The molecule has 0 saturated carbocycles. The Hall–Kier alpha value is -2.60. The first-order valence-corrected chi connectivity index (χ1v) is 10.0. The number of aromatic nitrogens is 1. The van der Waals surface area contributed by atoms with E-state index < -0.39 is 0 Å². The number of ether oxygens (including phenoxy) is 1. The van der Waals surface area contributed by atoms with E-state index in [0.29, 0.717) is 18.0 Å². The number of piperidine rings is 1. The zero-order valence-electron chi connectivity index (χ0n) is 16.5. The van der Waals surface area contributed by atoms with Crippen LogP contribution in [0, 0.1) is 5.92 Å². The molecule has 0 unspecified atom stereocenters. The number of methoxy groups -OCH3 is 1. The van der Waals surface area contributed by atoms with E-state index in [2.05, 4.69) is 22.1 Å². The van der Waals surface area contributed by atoms with E-state index in [1.165, 1.54) is 25.9 Å². The van der Waals surface area contributed by atoms with Crippen LogP contribution < -0.4 is 10.1 Å². The average molecular weight is 381 g/mol. The van der Waals surface area contributed by atoms with Gasteiger partial charge in [0.25, 0.3) is 5.91 Å². The normalized spacial score (nSPS) is 17.9. The summed E-state index contributed by atoms with van der Waals surface area (Å²) in [5.74, 6) is 1.67. The second-order valence-corrected chi connectivity index (χ2v) is 7.71. The van der Waals surface area contributed by atoms with Gasteiger partial charge in [0.1, 0.15) is 5.75 Å². The second kappa shape index (κ2) is 8.19. The Balaban J connectivity index is 1.37. The van der Waals surface area contributed by atoms with Gasteiger partial charge < -0.3 is 19.4 Å². The standard InChI is InChI=1S/C22H27N3O3/c1-15-5-3-9-25(14-15)10-4-8-23-21(26)20-13-17-11-16-12-18(27-2)6-7-19(16)24-22(17)28-20/h6-7,11-13,15H,3-5,8-10,14H2,1-2H3,(H,23,26)/t15-/m1/s1. The van der Waals surface area contributed by atoms with Crippen LogP contribution in [0.3, 0.4) is 0 Å². The van der Waals surface area contributed by atoms with Crippen molar-refractivity contribution in [2.24, 2.45) is 5.92 Å². The maximum Gasteiger partial charge on any atom is 0.287 e. The van der Waals surface area contributed by atoms with Gasteiger partial charge in [0.2, 0.25) is 5.71 Å². The number of nitrogens with zero attached hydrogens (tertiary/aromatic N) is 2. The maximum absolute atomic E-state index is 12.4. The molecule has 1 saturated heterocycles. The van der Waals surface area contributed by atoms with E-state index in [0.717, 1.165) is 40.9 Å². The molecule has 1 N–H and O–H groups in total. The van der Waals surface area contributed by atoms with Crippen LogP contribution in [0.1, 0.15) is 36.7 Å². The molecule has 28 heavy (non-hydrogen) atoms. The number of hydrogen-bond acceptors (Lipinski definition) is 5. The number of fused-ring (bicyclic) bond motifs is 2. The van der Waals surface area contributed by atoms with E-state index in [1.807, 2.05) is 24.3 Å². The van der Waals surface area contributed by atoms with Crippen molar-refractivity contribution in [3.63, 3.8) is 0 Å². The van der Waals surface area contributed by atoms with Crippen molar-refractivity contribution < 1.29 is 13.9 Å². The van der Waals surface area contributed by atoms with Gasteiger partial charge in [-0.1, -0.05) is 6.92 Å². The van der Waals surface area contributed by atoms with Crippen LogP contribution in [0.2, 0.25) is 0 Å². The molecule has 6 nitrogen and oxygen atoms in total. The summed E-state index contributed by atoms with van der Waals surface area (Å²) < 4.78 is 11.0. The Morgan fingerprint density at radius 3 is 3.04 bits per heavy atom. The molecular weight excluding hydrogens is 354 g/mol. The number of benzene rings is 1. The number of nitrogens with one attached hydrogen (secondary N) is 1. The number of rotatable bonds is 6. The van der Waals surface area contributed by atoms with Crippen LogP contribution in [0.4, 0.5) is 0 Å². The smallest absolute Gasteiger partial charge is 0.287 e. The molecule has 4 rings (SSSR count). The predicted octanol–water partition coefficient (Wildman–Crippen LogP) is 3.84. The molecule has 0 aliphatic carbocycles. The number of carbonyl (C=O) groups is 1. The number of pyridine rings is 1. The summed E-state index contributed by atoms with van der Waals surface area (Å²) in [5, 5.41) is 4.73. The van der Waals surface area contributed by atoms with Gasteiger partial charge in [0.15, 0.2) is 5.76 Å². The highest BCUT2D eigenvalue weighted by atomic mass is 16.5. The fourth-order valence-electron chi connectivity index (χ4n) is 3.93. The van der Waals surface area contributed by atoms with Gasteiger partial charge in [-0.2, -0.15) is 0 Å². The molecule has 2 aromatic heterocycles. The molecule has 148 valence electrons. The van der Waals surface area contributed by atoms with Crippen LogP contribution in [0.25, 0.3) is 22.0 Å². The summed E-state index contributed by atoms with van der Waals surface area (Å²) in [6.07, 6.45) is 3.55. The van der Waals surface area contributed by atoms with Gasteiger partial charge in [-0.25, -0.2) is 4.98 Å². The van der Waals surface area contributed by atoms with E-state index in [-0.39, 0.29) is 5.91 Å². The number of carbonyl (C=O) groups excluding carboxylic acids is 1. The summed E-state index contributed by atoms with van der Waals surface area (Å²) in [5.41, 5.74) is 1.29. The minimum absolute atomic E-state index is 0.188. The van der Waals surface area contributed by atoms with Gasteiger partial charge in [-0.05, 0) is 68.6 Å². The zero-order chi connectivity index (χ0) is 19.5. The van der Waals surface area contributed by atoms with Crippen molar-refractivity contribution in [1.29, 1.82) is 0 Å². The van der Waals surface area contributed by atoms with Crippen LogP contribution in [-0.2, 0) is 0 Å². The van der Waals surface area contributed by atoms with Crippen molar-refractivity contribution in [1.82, 2.24) is 15.2 Å². The molecule has 3 aromatic rings. The molecule has 0 radical (unpaired) electrons. The third kappa shape index (κ3) is 4.12. The molecule has 0 spiro atoms. The molecule has 1 atom stereocenters. The Morgan fingerprint density at radius 1 is 1.32 bits per heavy atom. The van der Waals surface area contributed by atoms with Crippen LogP contribution in [0.5, 0.6) is 5.75 Å². The van der Waals surface area contributed by atoms with Crippen molar-refractivity contribution in [3.8, 4) is 5.75 Å². The number of hydrogen-bond donors (Lipinski definition) is 1. The first-order valence-electron chi connectivity index (χ1n) is 10.0. The summed E-state index contributed by atoms with van der Waals surface area (Å²) in [4.78, 5) is 19.4. The van der Waals surface area contributed by atoms with Gasteiger partial charge in [-0.3, -0.25) is 4.79 Å². The number of amides is 1. The largest absolute Gasteiger partial charge is 0.497 e. The summed E-state index contributed by atoms with van der Waals surface area (Å²) in [6, 6.07) is 9.40. The van der Waals surface area contributed by atoms with E-state index >= 15 is 0 Å². The lowest BCUT2D eigenvalue weighted by Crippen LogP contribution is -2.36. The molecule has 6 heteroatoms. The predicted molar refractivity (Wildman–Crippen MR) is 110 cm³/mol. The molecular formula is C22H27N3O3. The highest BCUT2D eigenvalue weighted by Gasteiger charge is 2.16. The number of likely N-dealkylation sites (tertiary alicyclic amines) is 1. The van der Waals surface area contributed by atoms with Crippen LogP contribution in [-0.4, -0.2) is 49.1 Å². The monoisotopic (exact) mass is 381 g/mol. The fourth-order valence-corrected chi connectivity index (χ4v) is 3.93. The topological polar surface area (TPSA) is 67.6 Å². The zero-order valence-corrected chi connectivity index (χ0v) is 16.5. The summed E-state index contributed by atoms with van der Waals surface area (Å²) >= 11 is 0. The molecule has 1 aliphatic heterocycles. The van der Waals surface area contributed by atoms with Crippen molar-refractivity contribution in [2.45, 2.75) is 26.2 Å². The highest BCUT2D eigenvalue weighted by molar-refractivity contribution is 5.98. The molecule has 1 amide bonds. The highest BCUT2D eigenvalue weighted by Crippen LogP contribution is 2.25. The maximum atomic E-state index is 12.4. The van der Waals surface area contributed by atoms with Gasteiger partial charge in [-0.15, -0.1) is 0 Å². The Kier molecular flexibility index (Phi) is 5.48. The summed E-state index contributed by atoms with van der Waals surface area (Å²) in [7, 11) is 1.64. The van der Waals surface area contributed by atoms with Crippen LogP contribution in [0.15, 0.2) is 34.7 Å². The second-order valence-electron chi connectivity index (χ2n) is 7.71.